The zero-order valence-corrected chi connectivity index (χ0v) is 14.4. The van der Waals surface area contributed by atoms with Gasteiger partial charge in [-0.2, -0.15) is 15.0 Å². The number of halogens is 2. The number of rotatable bonds is 7. The molecule has 1 amide bonds. The van der Waals surface area contributed by atoms with Gasteiger partial charge in [0.2, 0.25) is 18.3 Å². The molecule has 2 rings (SSSR count). The fourth-order valence-corrected chi connectivity index (χ4v) is 3.42. The Labute approximate surface area is 142 Å². The number of nitrogens with zero attached hydrogens (tertiary/aromatic N) is 3. The van der Waals surface area contributed by atoms with Crippen molar-refractivity contribution in [3.05, 3.63) is 26.1 Å². The molecule has 0 aromatic carbocycles. The summed E-state index contributed by atoms with van der Waals surface area (Å²) in [6, 6.07) is 2.01. The van der Waals surface area contributed by atoms with Crippen molar-refractivity contribution in [2.75, 3.05) is 10.6 Å². The smallest absolute Gasteiger partial charge is 0.234 e. The van der Waals surface area contributed by atoms with Crippen molar-refractivity contribution in [2.24, 2.45) is 0 Å². The van der Waals surface area contributed by atoms with Gasteiger partial charge in [-0.1, -0.05) is 23.2 Å². The van der Waals surface area contributed by atoms with E-state index in [9.17, 15) is 4.79 Å². The van der Waals surface area contributed by atoms with E-state index in [-0.39, 0.29) is 12.0 Å². The van der Waals surface area contributed by atoms with Crippen LogP contribution in [-0.2, 0) is 11.2 Å². The highest BCUT2D eigenvalue weighted by atomic mass is 35.5. The zero-order chi connectivity index (χ0) is 16.1. The first-order valence-electron chi connectivity index (χ1n) is 6.61. The number of anilines is 2. The van der Waals surface area contributed by atoms with E-state index in [1.54, 1.807) is 6.92 Å². The van der Waals surface area contributed by atoms with Crippen LogP contribution in [0.15, 0.2) is 6.07 Å². The van der Waals surface area contributed by atoms with Crippen LogP contribution >= 0.6 is 34.5 Å². The second-order valence-electron chi connectivity index (χ2n) is 4.73. The van der Waals surface area contributed by atoms with Crippen LogP contribution in [0, 0.1) is 6.92 Å². The molecular weight excluding hydrogens is 345 g/mol. The quantitative estimate of drug-likeness (QED) is 0.738. The molecule has 0 bridgehead atoms. The molecule has 0 spiro atoms. The molecule has 2 aromatic heterocycles. The summed E-state index contributed by atoms with van der Waals surface area (Å²) >= 11 is 13.4. The van der Waals surface area contributed by atoms with Gasteiger partial charge in [0.1, 0.15) is 5.82 Å². The predicted octanol–water partition coefficient (Wildman–Crippen LogP) is 3.55. The highest BCUT2D eigenvalue weighted by Crippen LogP contribution is 2.32. The normalized spacial score (nSPS) is 12.0. The van der Waals surface area contributed by atoms with Gasteiger partial charge in [0.15, 0.2) is 0 Å². The first-order chi connectivity index (χ1) is 10.5. The van der Waals surface area contributed by atoms with Crippen molar-refractivity contribution in [3.8, 4) is 0 Å². The molecule has 0 fully saturated rings. The molecule has 6 nitrogen and oxygen atoms in total. The van der Waals surface area contributed by atoms with Crippen LogP contribution in [0.25, 0.3) is 0 Å². The average molecular weight is 360 g/mol. The number of aromatic nitrogens is 3. The first-order valence-corrected chi connectivity index (χ1v) is 8.18. The van der Waals surface area contributed by atoms with Gasteiger partial charge in [0.05, 0.1) is 8.67 Å². The van der Waals surface area contributed by atoms with Crippen LogP contribution in [0.1, 0.15) is 24.7 Å². The van der Waals surface area contributed by atoms with E-state index in [1.165, 1.54) is 11.3 Å². The Balaban J connectivity index is 1.95. The van der Waals surface area contributed by atoms with Gasteiger partial charge < -0.3 is 5.32 Å². The van der Waals surface area contributed by atoms with Crippen molar-refractivity contribution in [1.82, 2.24) is 15.0 Å². The molecule has 9 heteroatoms. The highest BCUT2D eigenvalue weighted by molar-refractivity contribution is 7.20. The highest BCUT2D eigenvalue weighted by Gasteiger charge is 2.10. The van der Waals surface area contributed by atoms with E-state index >= 15 is 0 Å². The fraction of sp³-hybridized carbons (Fsp3) is 0.385. The molecule has 1 atom stereocenters. The molecule has 118 valence electrons. The lowest BCUT2D eigenvalue weighted by Gasteiger charge is -2.14. The maximum Gasteiger partial charge on any atom is 0.234 e. The van der Waals surface area contributed by atoms with Crippen LogP contribution < -0.4 is 10.6 Å². The molecular formula is C13H15Cl2N5OS. The molecule has 1 unspecified atom stereocenters. The number of carbonyl (C=O) groups is 1. The number of hydrogen-bond acceptors (Lipinski definition) is 6. The molecule has 0 radical (unpaired) electrons. The maximum absolute atomic E-state index is 10.5. The minimum absolute atomic E-state index is 0.126. The number of amides is 1. The summed E-state index contributed by atoms with van der Waals surface area (Å²) in [4.78, 5) is 22.8. The third-order valence-corrected chi connectivity index (χ3v) is 4.45. The van der Waals surface area contributed by atoms with E-state index in [0.717, 1.165) is 22.7 Å². The number of hydrogen-bond donors (Lipinski definition) is 2. The lowest BCUT2D eigenvalue weighted by molar-refractivity contribution is -0.105. The summed E-state index contributed by atoms with van der Waals surface area (Å²) in [5.74, 6) is 1.19. The van der Waals surface area contributed by atoms with Crippen LogP contribution in [0.3, 0.4) is 0 Å². The van der Waals surface area contributed by atoms with Crippen molar-refractivity contribution in [1.29, 1.82) is 0 Å². The first kappa shape index (κ1) is 16.9. The predicted molar refractivity (Wildman–Crippen MR) is 90.0 cm³/mol. The van der Waals surface area contributed by atoms with Crippen molar-refractivity contribution < 1.29 is 4.79 Å². The minimum Gasteiger partial charge on any atom is -0.352 e. The third-order valence-electron chi connectivity index (χ3n) is 2.88. The van der Waals surface area contributed by atoms with E-state index in [1.807, 2.05) is 13.0 Å². The van der Waals surface area contributed by atoms with Gasteiger partial charge in [0.25, 0.3) is 0 Å². The van der Waals surface area contributed by atoms with Crippen LogP contribution in [0.5, 0.6) is 0 Å². The summed E-state index contributed by atoms with van der Waals surface area (Å²) in [6.07, 6.45) is 2.18. The number of carbonyl (C=O) groups excluding carboxylic acids is 1. The van der Waals surface area contributed by atoms with E-state index in [4.69, 9.17) is 23.2 Å². The monoisotopic (exact) mass is 359 g/mol. The Morgan fingerprint density at radius 1 is 1.32 bits per heavy atom. The molecule has 2 aromatic rings. The lowest BCUT2D eigenvalue weighted by atomic mass is 10.1. The van der Waals surface area contributed by atoms with E-state index in [2.05, 4.69) is 25.6 Å². The third kappa shape index (κ3) is 4.79. The van der Waals surface area contributed by atoms with Gasteiger partial charge in [-0.3, -0.25) is 10.1 Å². The summed E-state index contributed by atoms with van der Waals surface area (Å²) in [5.41, 5.74) is 1.04. The summed E-state index contributed by atoms with van der Waals surface area (Å²) in [5, 5.41) is 5.60. The summed E-state index contributed by atoms with van der Waals surface area (Å²) < 4.78 is 1.42. The average Bonchev–Trinajstić information content (AvgIpc) is 2.74. The molecule has 2 N–H and O–H groups in total. The standard InChI is InChI=1S/C13H15Cl2N5OS/c1-7(3-4-9-5-10(14)22-11(9)15)17-13-19-8(2)18-12(20-13)16-6-21/h5-7H,3-4H2,1-2H3,(H2,16,17,18,19,20,21). The Hall–Kier alpha value is -1.44. The molecule has 0 aliphatic heterocycles. The van der Waals surface area contributed by atoms with Crippen LogP contribution in [0.4, 0.5) is 11.9 Å². The SMILES string of the molecule is Cc1nc(NC=O)nc(NC(C)CCc2cc(Cl)sc2Cl)n1. The Kier molecular flexibility index (Phi) is 5.93. The minimum atomic E-state index is 0.126. The van der Waals surface area contributed by atoms with Gasteiger partial charge in [-0.25, -0.2) is 0 Å². The van der Waals surface area contributed by atoms with Crippen molar-refractivity contribution in [2.45, 2.75) is 32.7 Å². The second kappa shape index (κ2) is 7.71. The fourth-order valence-electron chi connectivity index (χ4n) is 1.87. The van der Waals surface area contributed by atoms with Crippen LogP contribution in [0.2, 0.25) is 8.67 Å². The number of nitrogens with one attached hydrogen (secondary N) is 2. The molecule has 0 aliphatic carbocycles. The molecule has 0 saturated heterocycles. The summed E-state index contributed by atoms with van der Waals surface area (Å²) in [6.45, 7) is 3.76. The van der Waals surface area contributed by atoms with Gasteiger partial charge in [-0.05, 0) is 38.3 Å². The topological polar surface area (TPSA) is 79.8 Å². The van der Waals surface area contributed by atoms with E-state index < -0.39 is 0 Å². The summed E-state index contributed by atoms with van der Waals surface area (Å²) in [7, 11) is 0. The lowest BCUT2D eigenvalue weighted by Crippen LogP contribution is -2.19. The van der Waals surface area contributed by atoms with Crippen LogP contribution in [-0.4, -0.2) is 27.4 Å². The van der Waals surface area contributed by atoms with Gasteiger partial charge >= 0.3 is 0 Å². The Morgan fingerprint density at radius 2 is 2.05 bits per heavy atom. The second-order valence-corrected chi connectivity index (χ2v) is 7.01. The Bertz CT molecular complexity index is 664. The van der Waals surface area contributed by atoms with Gasteiger partial charge in [-0.15, -0.1) is 11.3 Å². The van der Waals surface area contributed by atoms with Crippen molar-refractivity contribution in [3.63, 3.8) is 0 Å². The molecule has 2 heterocycles. The van der Waals surface area contributed by atoms with Gasteiger partial charge in [0, 0.05) is 6.04 Å². The number of thiophene rings is 1. The number of aryl methyl sites for hydroxylation is 2. The molecule has 0 saturated carbocycles. The maximum atomic E-state index is 10.5. The van der Waals surface area contributed by atoms with E-state index in [0.29, 0.717) is 22.5 Å². The van der Waals surface area contributed by atoms with Crippen molar-refractivity contribution >= 4 is 52.8 Å². The largest absolute Gasteiger partial charge is 0.352 e. The molecule has 22 heavy (non-hydrogen) atoms. The Morgan fingerprint density at radius 3 is 2.68 bits per heavy atom. The molecule has 0 aliphatic rings. The zero-order valence-electron chi connectivity index (χ0n) is 12.1.